The second-order valence-corrected chi connectivity index (χ2v) is 6.76. The number of hydrogen-bond donors (Lipinski definition) is 4. The average molecular weight is 345 g/mol. The van der Waals surface area contributed by atoms with Gasteiger partial charge in [0.25, 0.3) is 5.91 Å². The van der Waals surface area contributed by atoms with Gasteiger partial charge in [-0.2, -0.15) is 5.48 Å². The Kier molecular flexibility index (Phi) is 4.68. The summed E-state index contributed by atoms with van der Waals surface area (Å²) in [5, 5.41) is 22.3. The molecule has 126 valence electrons. The second-order valence-electron chi connectivity index (χ2n) is 5.61. The van der Waals surface area contributed by atoms with Crippen molar-refractivity contribution in [2.24, 2.45) is 7.05 Å². The third-order valence-electron chi connectivity index (χ3n) is 4.00. The SMILES string of the molecule is C[C@@H](NC(=O)c1cc2ccccc2n1C)c1ccc(C(O)NO)s1. The molecule has 2 heterocycles. The van der Waals surface area contributed by atoms with Gasteiger partial charge >= 0.3 is 0 Å². The number of carbonyl (C=O) groups excluding carboxylic acids is 1. The van der Waals surface area contributed by atoms with E-state index in [1.54, 1.807) is 11.5 Å². The standard InChI is InChI=1S/C17H19N3O3S/c1-10(14-7-8-15(24-14)17(22)19-23)18-16(21)13-9-11-5-3-4-6-12(11)20(13)2/h3-10,17,19,22-23H,1-2H3,(H,18,21)/t10-,17?/m1/s1. The number of nitrogens with zero attached hydrogens (tertiary/aromatic N) is 1. The molecule has 0 saturated heterocycles. The summed E-state index contributed by atoms with van der Waals surface area (Å²) in [6.45, 7) is 1.88. The van der Waals surface area contributed by atoms with E-state index in [4.69, 9.17) is 5.21 Å². The first-order valence-electron chi connectivity index (χ1n) is 7.54. The number of benzene rings is 1. The van der Waals surface area contributed by atoms with Crippen molar-refractivity contribution in [2.45, 2.75) is 19.2 Å². The summed E-state index contributed by atoms with van der Waals surface area (Å²) in [7, 11) is 1.87. The van der Waals surface area contributed by atoms with Crippen LogP contribution in [0, 0.1) is 0 Å². The Morgan fingerprint density at radius 1 is 1.21 bits per heavy atom. The van der Waals surface area contributed by atoms with Gasteiger partial charge in [-0.05, 0) is 31.2 Å². The molecule has 0 aliphatic rings. The minimum Gasteiger partial charge on any atom is -0.371 e. The fourth-order valence-corrected chi connectivity index (χ4v) is 3.60. The van der Waals surface area contributed by atoms with E-state index in [2.05, 4.69) is 5.32 Å². The number of aliphatic hydroxyl groups is 1. The van der Waals surface area contributed by atoms with Crippen LogP contribution in [0.3, 0.4) is 0 Å². The summed E-state index contributed by atoms with van der Waals surface area (Å²) in [4.78, 5) is 14.1. The van der Waals surface area contributed by atoms with Crippen molar-refractivity contribution in [1.82, 2.24) is 15.4 Å². The lowest BCUT2D eigenvalue weighted by Gasteiger charge is -2.13. The lowest BCUT2D eigenvalue weighted by atomic mass is 10.2. The number of aryl methyl sites for hydroxylation is 1. The van der Waals surface area contributed by atoms with Gasteiger partial charge in [-0.3, -0.25) is 4.79 Å². The van der Waals surface area contributed by atoms with Crippen LogP contribution < -0.4 is 10.8 Å². The van der Waals surface area contributed by atoms with Crippen LogP contribution in [0.2, 0.25) is 0 Å². The number of rotatable bonds is 5. The van der Waals surface area contributed by atoms with Crippen LogP contribution in [0.15, 0.2) is 42.5 Å². The van der Waals surface area contributed by atoms with E-state index in [0.717, 1.165) is 15.8 Å². The van der Waals surface area contributed by atoms with Crippen LogP contribution in [0.5, 0.6) is 0 Å². The Hall–Kier alpha value is -2.19. The van der Waals surface area contributed by atoms with Gasteiger partial charge in [0.2, 0.25) is 0 Å². The number of thiophene rings is 1. The third kappa shape index (κ3) is 3.07. The molecule has 2 aromatic heterocycles. The smallest absolute Gasteiger partial charge is 0.268 e. The van der Waals surface area contributed by atoms with E-state index >= 15 is 0 Å². The van der Waals surface area contributed by atoms with Crippen LogP contribution in [-0.4, -0.2) is 20.8 Å². The van der Waals surface area contributed by atoms with Crippen LogP contribution in [-0.2, 0) is 7.05 Å². The number of carbonyl (C=O) groups is 1. The van der Waals surface area contributed by atoms with Gasteiger partial charge < -0.3 is 20.2 Å². The predicted molar refractivity (Wildman–Crippen MR) is 93.0 cm³/mol. The molecule has 0 bridgehead atoms. The molecule has 2 atom stereocenters. The number of aromatic nitrogens is 1. The number of aliphatic hydroxyl groups excluding tert-OH is 1. The summed E-state index contributed by atoms with van der Waals surface area (Å²) in [6, 6.07) is 13.0. The fraction of sp³-hybridized carbons (Fsp3) is 0.235. The highest BCUT2D eigenvalue weighted by molar-refractivity contribution is 7.12. The quantitative estimate of drug-likeness (QED) is 0.423. The van der Waals surface area contributed by atoms with Gasteiger partial charge in [-0.25, -0.2) is 0 Å². The van der Waals surface area contributed by atoms with Crippen LogP contribution in [0.1, 0.15) is 39.4 Å². The maximum Gasteiger partial charge on any atom is 0.268 e. The molecule has 3 rings (SSSR count). The lowest BCUT2D eigenvalue weighted by molar-refractivity contribution is 0.00289. The highest BCUT2D eigenvalue weighted by Crippen LogP contribution is 2.27. The number of nitrogens with one attached hydrogen (secondary N) is 2. The molecule has 0 aliphatic carbocycles. The van der Waals surface area contributed by atoms with Crippen LogP contribution >= 0.6 is 11.3 Å². The summed E-state index contributed by atoms with van der Waals surface area (Å²) in [5.41, 5.74) is 3.40. The average Bonchev–Trinajstić information content (AvgIpc) is 3.20. The minimum absolute atomic E-state index is 0.156. The van der Waals surface area contributed by atoms with Gasteiger partial charge in [0, 0.05) is 22.8 Å². The van der Waals surface area contributed by atoms with Gasteiger partial charge in [0.15, 0.2) is 6.23 Å². The monoisotopic (exact) mass is 345 g/mol. The lowest BCUT2D eigenvalue weighted by Crippen LogP contribution is -2.27. The van der Waals surface area contributed by atoms with Crippen LogP contribution in [0.4, 0.5) is 0 Å². The zero-order chi connectivity index (χ0) is 17.3. The predicted octanol–water partition coefficient (Wildman–Crippen LogP) is 2.70. The largest absolute Gasteiger partial charge is 0.371 e. The number of fused-ring (bicyclic) bond motifs is 1. The van der Waals surface area contributed by atoms with Crippen molar-refractivity contribution in [3.8, 4) is 0 Å². The van der Waals surface area contributed by atoms with Crippen molar-refractivity contribution >= 4 is 28.1 Å². The Labute approximate surface area is 143 Å². The van der Waals surface area contributed by atoms with E-state index in [1.165, 1.54) is 11.3 Å². The second kappa shape index (κ2) is 6.74. The zero-order valence-corrected chi connectivity index (χ0v) is 14.2. The van der Waals surface area contributed by atoms with E-state index < -0.39 is 6.23 Å². The molecule has 1 aromatic carbocycles. The molecule has 0 radical (unpaired) electrons. The van der Waals surface area contributed by atoms with E-state index in [-0.39, 0.29) is 11.9 Å². The highest BCUT2D eigenvalue weighted by Gasteiger charge is 2.18. The van der Waals surface area contributed by atoms with E-state index in [9.17, 15) is 9.90 Å². The molecule has 1 unspecified atom stereocenters. The topological polar surface area (TPSA) is 86.5 Å². The van der Waals surface area contributed by atoms with Gasteiger partial charge in [0.05, 0.1) is 10.9 Å². The summed E-state index contributed by atoms with van der Waals surface area (Å²) in [6.07, 6.45) is -1.12. The molecule has 0 aliphatic heterocycles. The van der Waals surface area contributed by atoms with Crippen molar-refractivity contribution in [3.63, 3.8) is 0 Å². The Morgan fingerprint density at radius 2 is 1.92 bits per heavy atom. The molecule has 4 N–H and O–H groups in total. The number of amides is 1. The van der Waals surface area contributed by atoms with Gasteiger partial charge in [-0.15, -0.1) is 11.3 Å². The first-order valence-corrected chi connectivity index (χ1v) is 8.35. The molecule has 3 aromatic rings. The number of hydroxylamine groups is 1. The molecular weight excluding hydrogens is 326 g/mol. The number of para-hydroxylation sites is 1. The normalized spacial score (nSPS) is 13.8. The van der Waals surface area contributed by atoms with Gasteiger partial charge in [-0.1, -0.05) is 18.2 Å². The zero-order valence-electron chi connectivity index (χ0n) is 13.4. The molecule has 0 fully saturated rings. The molecule has 24 heavy (non-hydrogen) atoms. The first-order chi connectivity index (χ1) is 11.5. The third-order valence-corrected chi connectivity index (χ3v) is 5.32. The molecule has 0 saturated carbocycles. The van der Waals surface area contributed by atoms with E-state index in [0.29, 0.717) is 10.6 Å². The first kappa shape index (κ1) is 16.7. The fourth-order valence-electron chi connectivity index (χ4n) is 2.66. The number of hydrogen-bond acceptors (Lipinski definition) is 5. The van der Waals surface area contributed by atoms with Crippen molar-refractivity contribution in [2.75, 3.05) is 0 Å². The Bertz CT molecular complexity index is 871. The van der Waals surface area contributed by atoms with Crippen molar-refractivity contribution < 1.29 is 15.1 Å². The highest BCUT2D eigenvalue weighted by atomic mass is 32.1. The molecule has 1 amide bonds. The molecule has 0 spiro atoms. The van der Waals surface area contributed by atoms with E-state index in [1.807, 2.05) is 54.9 Å². The Morgan fingerprint density at radius 3 is 2.62 bits per heavy atom. The van der Waals surface area contributed by atoms with Crippen LogP contribution in [0.25, 0.3) is 10.9 Å². The maximum absolute atomic E-state index is 12.6. The van der Waals surface area contributed by atoms with Crippen molar-refractivity contribution in [3.05, 3.63) is 57.9 Å². The molecule has 7 heteroatoms. The summed E-state index contributed by atoms with van der Waals surface area (Å²) in [5.74, 6) is -0.156. The van der Waals surface area contributed by atoms with Gasteiger partial charge in [0.1, 0.15) is 5.69 Å². The molecular formula is C17H19N3O3S. The Balaban J connectivity index is 1.78. The maximum atomic E-state index is 12.6. The summed E-state index contributed by atoms with van der Waals surface area (Å²) >= 11 is 1.33. The minimum atomic E-state index is -1.12. The van der Waals surface area contributed by atoms with Crippen molar-refractivity contribution in [1.29, 1.82) is 0 Å². The molecule has 6 nitrogen and oxygen atoms in total. The summed E-state index contributed by atoms with van der Waals surface area (Å²) < 4.78 is 1.87.